The number of allylic oxidation sites excluding steroid dienone is 1. The smallest absolute Gasteiger partial charge is 0.220 e. The number of ether oxygens (including phenoxy) is 12. The molecule has 112 heavy (non-hydrogen) atoms. The van der Waals surface area contributed by atoms with E-state index in [4.69, 9.17) is 56.8 Å². The maximum atomic E-state index is 13.5. The number of nitrogens with one attached hydrogen (secondary N) is 3. The van der Waals surface area contributed by atoms with Gasteiger partial charge in [-0.1, -0.05) is 180 Å². The highest BCUT2D eigenvalue weighted by Crippen LogP contribution is 2.38. The highest BCUT2D eigenvalue weighted by molar-refractivity contribution is 5.76. The lowest BCUT2D eigenvalue weighted by molar-refractivity contribution is -0.390. The zero-order chi connectivity index (χ0) is 82.0. The normalized spacial score (nSPS) is 37.2. The third kappa shape index (κ3) is 29.4. The molecule has 6 fully saturated rings. The van der Waals surface area contributed by atoms with Crippen molar-refractivity contribution in [2.45, 2.75) is 404 Å². The predicted octanol–water partition coefficient (Wildman–Crippen LogP) is -2.42. The molecule has 6 aliphatic heterocycles. The fourth-order valence-corrected chi connectivity index (χ4v) is 15.1. The molecule has 6 aliphatic rings. The highest BCUT2D eigenvalue weighted by Gasteiger charge is 2.59. The molecule has 32 atom stereocenters. The van der Waals surface area contributed by atoms with Crippen molar-refractivity contribution in [1.29, 1.82) is 0 Å². The lowest BCUT2D eigenvalue weighted by Crippen LogP contribution is -2.70. The Labute approximate surface area is 656 Å². The van der Waals surface area contributed by atoms with Crippen molar-refractivity contribution < 1.29 is 163 Å². The summed E-state index contributed by atoms with van der Waals surface area (Å²) in [4.78, 5) is 38.6. The average Bonchev–Trinajstić information content (AvgIpc) is 0.775. The molecule has 36 heteroatoms. The Kier molecular flexibility index (Phi) is 45.5. The monoisotopic (exact) mass is 1620 g/mol. The molecule has 0 spiro atoms. The summed E-state index contributed by atoms with van der Waals surface area (Å²) in [6.07, 6.45) is -21.0. The summed E-state index contributed by atoms with van der Waals surface area (Å²) in [7, 11) is 0. The zero-order valence-electron chi connectivity index (χ0n) is 65.6. The van der Waals surface area contributed by atoms with E-state index in [1.54, 1.807) is 6.08 Å². The second kappa shape index (κ2) is 52.1. The Morgan fingerprint density at radius 3 is 1.04 bits per heavy atom. The quantitative estimate of drug-likeness (QED) is 0.0222. The van der Waals surface area contributed by atoms with Crippen molar-refractivity contribution in [2.24, 2.45) is 0 Å². The summed E-state index contributed by atoms with van der Waals surface area (Å²) in [5.74, 6) is -1.97. The molecule has 36 nitrogen and oxygen atoms in total. The van der Waals surface area contributed by atoms with E-state index in [-0.39, 0.29) is 12.3 Å². The molecule has 6 heterocycles. The number of aliphatic hydroxyl groups is 18. The fraction of sp³-hybridized carbons (Fsp3) is 0.934. The zero-order valence-corrected chi connectivity index (χ0v) is 65.6. The SMILES string of the molecule is CCCCCCCCCCCCC/C=C/[C@@H](O)[C@H](CO[C@@H]1OC(CO)[C@@H](O[C@@H]2OC(CO)[C@H](O)[C@H](O[C@@H]3OC(CO)[C@@H](O[C@@H]4OC(CO)[C@H](O)[C@H](O[C@H]5OC(CO)[C@H](O)[C@H](O[C@@H]6OC(CO)[C@H](O)[C@H](O)C6NC(C)=O)C5O)C4O)[C@H](O)C3NC(C)=O)C2O)[C@H](O)C1O)NC(=O)CCCCCCCCCCCCCCCCC. The van der Waals surface area contributed by atoms with Crippen LogP contribution in [0.25, 0.3) is 0 Å². The first kappa shape index (κ1) is 97.8. The summed E-state index contributed by atoms with van der Waals surface area (Å²) < 4.78 is 70.6. The molecule has 6 saturated heterocycles. The fourth-order valence-electron chi connectivity index (χ4n) is 15.1. The molecule has 654 valence electrons. The van der Waals surface area contributed by atoms with E-state index in [0.29, 0.717) is 12.8 Å². The van der Waals surface area contributed by atoms with Crippen LogP contribution < -0.4 is 16.0 Å². The van der Waals surface area contributed by atoms with E-state index in [1.165, 1.54) is 109 Å². The van der Waals surface area contributed by atoms with Gasteiger partial charge in [-0.25, -0.2) is 0 Å². The maximum Gasteiger partial charge on any atom is 0.220 e. The van der Waals surface area contributed by atoms with Gasteiger partial charge in [0.05, 0.1) is 58.4 Å². The molecule has 0 aromatic heterocycles. The molecule has 0 saturated carbocycles. The van der Waals surface area contributed by atoms with Crippen LogP contribution in [0.2, 0.25) is 0 Å². The first-order chi connectivity index (χ1) is 53.8. The summed E-state index contributed by atoms with van der Waals surface area (Å²) in [6, 6.07) is -4.51. The van der Waals surface area contributed by atoms with Gasteiger partial charge in [0.25, 0.3) is 0 Å². The molecular formula is C76H137N3O33. The maximum absolute atomic E-state index is 13.5. The van der Waals surface area contributed by atoms with Gasteiger partial charge in [0, 0.05) is 20.3 Å². The minimum Gasteiger partial charge on any atom is -0.394 e. The van der Waals surface area contributed by atoms with E-state index in [2.05, 4.69) is 29.8 Å². The molecule has 0 aliphatic carbocycles. The predicted molar refractivity (Wildman–Crippen MR) is 394 cm³/mol. The molecule has 0 bridgehead atoms. The number of aliphatic hydroxyl groups excluding tert-OH is 18. The van der Waals surface area contributed by atoms with Crippen LogP contribution in [0.3, 0.4) is 0 Å². The van der Waals surface area contributed by atoms with E-state index >= 15 is 0 Å². The molecule has 3 amide bonds. The van der Waals surface area contributed by atoms with Crippen molar-refractivity contribution in [3.63, 3.8) is 0 Å². The van der Waals surface area contributed by atoms with Crippen LogP contribution in [0.1, 0.15) is 207 Å². The second-order valence-corrected chi connectivity index (χ2v) is 30.7. The van der Waals surface area contributed by atoms with Crippen LogP contribution in [-0.2, 0) is 71.2 Å². The molecule has 0 aromatic carbocycles. The van der Waals surface area contributed by atoms with Crippen molar-refractivity contribution in [3.05, 3.63) is 12.2 Å². The van der Waals surface area contributed by atoms with E-state index in [9.17, 15) is 106 Å². The van der Waals surface area contributed by atoms with Gasteiger partial charge in [0.2, 0.25) is 17.7 Å². The first-order valence-electron chi connectivity index (χ1n) is 41.0. The van der Waals surface area contributed by atoms with Crippen molar-refractivity contribution in [3.8, 4) is 0 Å². The summed E-state index contributed by atoms with van der Waals surface area (Å²) >= 11 is 0. The third-order valence-corrected chi connectivity index (χ3v) is 21.7. The van der Waals surface area contributed by atoms with Gasteiger partial charge in [-0.15, -0.1) is 0 Å². The Bertz CT molecular complexity index is 2600. The second-order valence-electron chi connectivity index (χ2n) is 30.7. The van der Waals surface area contributed by atoms with Crippen molar-refractivity contribution in [2.75, 3.05) is 46.2 Å². The van der Waals surface area contributed by atoms with Crippen LogP contribution in [0.15, 0.2) is 12.2 Å². The summed E-state index contributed by atoms with van der Waals surface area (Å²) in [6.45, 7) is 0.0767. The largest absolute Gasteiger partial charge is 0.394 e. The minimum absolute atomic E-state index is 0.175. The van der Waals surface area contributed by atoms with E-state index in [1.807, 2.05) is 6.08 Å². The van der Waals surface area contributed by atoms with Gasteiger partial charge in [-0.05, 0) is 19.3 Å². The number of unbranched alkanes of at least 4 members (excludes halogenated alkanes) is 25. The Hall–Kier alpha value is -3.05. The lowest BCUT2D eigenvalue weighted by atomic mass is 9.94. The average molecular weight is 1620 g/mol. The van der Waals surface area contributed by atoms with Gasteiger partial charge >= 0.3 is 0 Å². The van der Waals surface area contributed by atoms with Crippen LogP contribution in [-0.4, -0.2) is 352 Å². The number of rotatable bonds is 52. The molecule has 12 unspecified atom stereocenters. The third-order valence-electron chi connectivity index (χ3n) is 21.7. The van der Waals surface area contributed by atoms with Gasteiger partial charge in [-0.2, -0.15) is 0 Å². The van der Waals surface area contributed by atoms with Gasteiger partial charge < -0.3 is 165 Å². The standard InChI is InChI=1S/C76H137N3O33/c1-5-7-9-11-13-15-17-19-20-22-24-26-28-30-32-34-52(89)79-44(45(88)33-31-29-27-25-23-21-18-16-14-12-10-8-6-2)41-101-73-62(97)61(96)67(51(40-85)107-73)109-75-63(98)68(56(91)47(36-81)104-75)111-72-54(78-43(4)87)60(95)66(50(39-84)106-72)108-74-65(100)70(58(93)49(38-83)103-74)112-76-64(99)69(57(92)48(37-82)105-76)110-71-53(77-42(3)86)59(94)55(90)46(35-80)102-71/h31,33,44-51,53-76,80-85,88,90-100H,5-30,32,34-41H2,1-4H3,(H,77,86)(H,78,87)(H,79,89)/b33-31+/t44-,45+,46?,47?,48?,49?,50?,51?,53?,54?,55-,56-,57-,58-,59+,60+,61+,62?,63?,64?,65?,66+,67+,68-,69-,70-,71-,72-,73+,74-,75-,76+/m0/s1. The molecule has 0 aromatic rings. The summed E-state index contributed by atoms with van der Waals surface area (Å²) in [5, 5.41) is 209. The van der Waals surface area contributed by atoms with Gasteiger partial charge in [-0.3, -0.25) is 14.4 Å². The van der Waals surface area contributed by atoms with E-state index < -0.39 is 254 Å². The number of carbonyl (C=O) groups excluding carboxylic acids is 3. The van der Waals surface area contributed by atoms with Gasteiger partial charge in [0.15, 0.2) is 37.7 Å². The van der Waals surface area contributed by atoms with Crippen molar-refractivity contribution in [1.82, 2.24) is 16.0 Å². The number of carbonyl (C=O) groups is 3. The number of hydrogen-bond donors (Lipinski definition) is 21. The van der Waals surface area contributed by atoms with E-state index in [0.717, 1.165) is 65.2 Å². The Morgan fingerprint density at radius 1 is 0.348 bits per heavy atom. The van der Waals surface area contributed by atoms with Crippen LogP contribution in [0.5, 0.6) is 0 Å². The first-order valence-corrected chi connectivity index (χ1v) is 41.0. The molecule has 6 rings (SSSR count). The lowest BCUT2D eigenvalue weighted by Gasteiger charge is -2.50. The number of hydrogen-bond acceptors (Lipinski definition) is 33. The topological polar surface area (TPSA) is 562 Å². The Balaban J connectivity index is 1.09. The van der Waals surface area contributed by atoms with Crippen molar-refractivity contribution >= 4 is 17.7 Å². The molecule has 0 radical (unpaired) electrons. The summed E-state index contributed by atoms with van der Waals surface area (Å²) in [5.41, 5.74) is 0. The van der Waals surface area contributed by atoms with Crippen LogP contribution in [0, 0.1) is 0 Å². The Morgan fingerprint density at radius 2 is 0.661 bits per heavy atom. The highest BCUT2D eigenvalue weighted by atomic mass is 16.8. The molecular weight excluding hydrogens is 1480 g/mol. The number of amides is 3. The van der Waals surface area contributed by atoms with Gasteiger partial charge in [0.1, 0.15) is 146 Å². The van der Waals surface area contributed by atoms with Crippen LogP contribution in [0.4, 0.5) is 0 Å². The molecule has 21 N–H and O–H groups in total. The minimum atomic E-state index is -2.26. The van der Waals surface area contributed by atoms with Crippen LogP contribution >= 0.6 is 0 Å².